The second-order valence-corrected chi connectivity index (χ2v) is 6.34. The molecular formula is C16H21F3N4O2. The van der Waals surface area contributed by atoms with Gasteiger partial charge in [0.05, 0.1) is 18.8 Å². The van der Waals surface area contributed by atoms with Gasteiger partial charge in [-0.1, -0.05) is 19.3 Å². The zero-order chi connectivity index (χ0) is 17.9. The monoisotopic (exact) mass is 358 g/mol. The van der Waals surface area contributed by atoms with E-state index in [1.54, 1.807) is 0 Å². The fourth-order valence-electron chi connectivity index (χ4n) is 3.19. The summed E-state index contributed by atoms with van der Waals surface area (Å²) in [4.78, 5) is 21.4. The van der Waals surface area contributed by atoms with Crippen LogP contribution in [0.15, 0.2) is 6.20 Å². The lowest BCUT2D eigenvalue weighted by Gasteiger charge is -2.28. The number of carbonyl (C=O) groups is 1. The first-order chi connectivity index (χ1) is 11.9. The number of amides is 1. The van der Waals surface area contributed by atoms with Gasteiger partial charge in [0.25, 0.3) is 5.91 Å². The average molecular weight is 358 g/mol. The molecule has 0 atom stereocenters. The number of hydrogen-bond donors (Lipinski definition) is 1. The molecule has 138 valence electrons. The number of anilines is 1. The largest absolute Gasteiger partial charge is 0.434 e. The van der Waals surface area contributed by atoms with E-state index in [0.717, 1.165) is 38.3 Å². The van der Waals surface area contributed by atoms with Gasteiger partial charge in [0, 0.05) is 25.3 Å². The van der Waals surface area contributed by atoms with Crippen LogP contribution in [0.3, 0.4) is 0 Å². The summed E-state index contributed by atoms with van der Waals surface area (Å²) in [5.41, 5.74) is -1.69. The van der Waals surface area contributed by atoms with Gasteiger partial charge in [-0.15, -0.1) is 0 Å². The number of aromatic nitrogens is 2. The third kappa shape index (κ3) is 4.39. The van der Waals surface area contributed by atoms with Gasteiger partial charge in [-0.25, -0.2) is 9.97 Å². The molecule has 0 spiro atoms. The molecule has 1 saturated carbocycles. The van der Waals surface area contributed by atoms with Gasteiger partial charge in [0.1, 0.15) is 0 Å². The van der Waals surface area contributed by atoms with Crippen LogP contribution in [0.1, 0.15) is 48.2 Å². The van der Waals surface area contributed by atoms with E-state index >= 15 is 0 Å². The third-order valence-corrected chi connectivity index (χ3v) is 4.52. The van der Waals surface area contributed by atoms with Gasteiger partial charge < -0.3 is 15.0 Å². The van der Waals surface area contributed by atoms with Crippen LogP contribution in [-0.2, 0) is 10.9 Å². The summed E-state index contributed by atoms with van der Waals surface area (Å²) in [6.45, 7) is 1.15. The number of halogens is 3. The fourth-order valence-corrected chi connectivity index (χ4v) is 3.19. The Morgan fingerprint density at radius 3 is 2.52 bits per heavy atom. The maximum absolute atomic E-state index is 13.4. The molecule has 2 heterocycles. The Morgan fingerprint density at radius 2 is 1.88 bits per heavy atom. The number of morpholine rings is 1. The number of rotatable bonds is 3. The van der Waals surface area contributed by atoms with Crippen molar-refractivity contribution in [3.05, 3.63) is 17.5 Å². The predicted octanol–water partition coefficient (Wildman–Crippen LogP) is 2.71. The standard InChI is InChI=1S/C16H21F3N4O2/c17-16(18,19)13-12(14(24)23-6-8-25-9-7-23)10-20-15(22-13)21-11-4-2-1-3-5-11/h10-11H,1-9H2,(H,20,21,22). The molecule has 0 aromatic carbocycles. The zero-order valence-electron chi connectivity index (χ0n) is 13.8. The van der Waals surface area contributed by atoms with Crippen LogP contribution in [0.4, 0.5) is 19.1 Å². The highest BCUT2D eigenvalue weighted by Crippen LogP contribution is 2.32. The molecule has 1 N–H and O–H groups in total. The third-order valence-electron chi connectivity index (χ3n) is 4.52. The number of nitrogens with one attached hydrogen (secondary N) is 1. The Morgan fingerprint density at radius 1 is 1.20 bits per heavy atom. The van der Waals surface area contributed by atoms with E-state index in [9.17, 15) is 18.0 Å². The number of carbonyl (C=O) groups excluding carboxylic acids is 1. The van der Waals surface area contributed by atoms with Crippen molar-refractivity contribution < 1.29 is 22.7 Å². The lowest BCUT2D eigenvalue weighted by Crippen LogP contribution is -2.41. The topological polar surface area (TPSA) is 67.4 Å². The minimum atomic E-state index is -4.72. The van der Waals surface area contributed by atoms with Crippen LogP contribution in [0, 0.1) is 0 Å². The summed E-state index contributed by atoms with van der Waals surface area (Å²) in [5, 5.41) is 2.97. The van der Waals surface area contributed by atoms with Crippen molar-refractivity contribution in [1.29, 1.82) is 0 Å². The summed E-state index contributed by atoms with van der Waals surface area (Å²) in [6.07, 6.45) is 1.26. The Bertz CT molecular complexity index is 612. The number of ether oxygens (including phenoxy) is 1. The molecule has 2 aliphatic rings. The highest BCUT2D eigenvalue weighted by Gasteiger charge is 2.39. The van der Waals surface area contributed by atoms with Crippen molar-refractivity contribution in [2.45, 2.75) is 44.3 Å². The first-order valence-corrected chi connectivity index (χ1v) is 8.53. The molecule has 0 unspecified atom stereocenters. The molecule has 1 saturated heterocycles. The van der Waals surface area contributed by atoms with Crippen molar-refractivity contribution in [2.24, 2.45) is 0 Å². The minimum Gasteiger partial charge on any atom is -0.378 e. The zero-order valence-corrected chi connectivity index (χ0v) is 13.8. The van der Waals surface area contributed by atoms with Crippen molar-refractivity contribution in [1.82, 2.24) is 14.9 Å². The van der Waals surface area contributed by atoms with Crippen molar-refractivity contribution in [3.63, 3.8) is 0 Å². The second-order valence-electron chi connectivity index (χ2n) is 6.34. The number of alkyl halides is 3. The van der Waals surface area contributed by atoms with E-state index in [1.807, 2.05) is 0 Å². The highest BCUT2D eigenvalue weighted by atomic mass is 19.4. The molecule has 1 amide bonds. The molecular weight excluding hydrogens is 337 g/mol. The molecule has 2 fully saturated rings. The second kappa shape index (κ2) is 7.55. The van der Waals surface area contributed by atoms with Crippen LogP contribution in [-0.4, -0.2) is 53.1 Å². The van der Waals surface area contributed by atoms with Crippen molar-refractivity contribution in [3.8, 4) is 0 Å². The Hall–Kier alpha value is -1.90. The van der Waals surface area contributed by atoms with Gasteiger partial charge in [0.15, 0.2) is 5.69 Å². The van der Waals surface area contributed by atoms with Crippen molar-refractivity contribution in [2.75, 3.05) is 31.6 Å². The van der Waals surface area contributed by atoms with Crippen LogP contribution >= 0.6 is 0 Å². The SMILES string of the molecule is O=C(c1cnc(NC2CCCCC2)nc1C(F)(F)F)N1CCOCC1. The van der Waals surface area contributed by atoms with Crippen molar-refractivity contribution >= 4 is 11.9 Å². The van der Waals surface area contributed by atoms with Gasteiger partial charge in [-0.2, -0.15) is 13.2 Å². The summed E-state index contributed by atoms with van der Waals surface area (Å²) < 4.78 is 45.4. The van der Waals surface area contributed by atoms with Crippen LogP contribution in [0.25, 0.3) is 0 Å². The molecule has 0 bridgehead atoms. The Kier molecular flexibility index (Phi) is 5.41. The Balaban J connectivity index is 1.83. The molecule has 1 aromatic rings. The summed E-state index contributed by atoms with van der Waals surface area (Å²) >= 11 is 0. The number of nitrogens with zero attached hydrogens (tertiary/aromatic N) is 3. The van der Waals surface area contributed by atoms with E-state index in [1.165, 1.54) is 4.90 Å². The van der Waals surface area contributed by atoms with Crippen LogP contribution in [0.2, 0.25) is 0 Å². The molecule has 1 aliphatic carbocycles. The predicted molar refractivity (Wildman–Crippen MR) is 84.3 cm³/mol. The molecule has 1 aromatic heterocycles. The fraction of sp³-hybridized carbons (Fsp3) is 0.688. The highest BCUT2D eigenvalue weighted by molar-refractivity contribution is 5.95. The van der Waals surface area contributed by atoms with Gasteiger partial charge in [-0.05, 0) is 12.8 Å². The van der Waals surface area contributed by atoms with E-state index in [-0.39, 0.29) is 25.1 Å². The summed E-state index contributed by atoms with van der Waals surface area (Å²) in [5.74, 6) is -0.780. The van der Waals surface area contributed by atoms with E-state index < -0.39 is 23.3 Å². The smallest absolute Gasteiger partial charge is 0.378 e. The molecule has 6 nitrogen and oxygen atoms in total. The molecule has 3 rings (SSSR count). The minimum absolute atomic E-state index is 0.0715. The first kappa shape index (κ1) is 17.9. The molecule has 9 heteroatoms. The van der Waals surface area contributed by atoms with E-state index in [4.69, 9.17) is 4.74 Å². The number of hydrogen-bond acceptors (Lipinski definition) is 5. The Labute approximate surface area is 143 Å². The maximum Gasteiger partial charge on any atom is 0.434 e. The lowest BCUT2D eigenvalue weighted by molar-refractivity contribution is -0.141. The van der Waals surface area contributed by atoms with E-state index in [2.05, 4.69) is 15.3 Å². The van der Waals surface area contributed by atoms with Gasteiger partial charge in [0.2, 0.25) is 5.95 Å². The maximum atomic E-state index is 13.4. The first-order valence-electron chi connectivity index (χ1n) is 8.53. The van der Waals surface area contributed by atoms with Crippen LogP contribution in [0.5, 0.6) is 0 Å². The average Bonchev–Trinajstić information content (AvgIpc) is 2.62. The molecule has 0 radical (unpaired) electrons. The molecule has 1 aliphatic heterocycles. The van der Waals surface area contributed by atoms with Gasteiger partial charge >= 0.3 is 6.18 Å². The quantitative estimate of drug-likeness (QED) is 0.900. The summed E-state index contributed by atoms with van der Waals surface area (Å²) in [7, 11) is 0. The lowest BCUT2D eigenvalue weighted by atomic mass is 9.96. The van der Waals surface area contributed by atoms with Crippen LogP contribution < -0.4 is 5.32 Å². The molecule has 25 heavy (non-hydrogen) atoms. The van der Waals surface area contributed by atoms with E-state index in [0.29, 0.717) is 13.2 Å². The normalized spacial score (nSPS) is 19.7. The summed E-state index contributed by atoms with van der Waals surface area (Å²) in [6, 6.07) is 0.0793. The van der Waals surface area contributed by atoms with Gasteiger partial charge in [-0.3, -0.25) is 4.79 Å².